The van der Waals surface area contributed by atoms with Gasteiger partial charge in [0.2, 0.25) is 0 Å². The van der Waals surface area contributed by atoms with E-state index in [1.807, 2.05) is 115 Å². The van der Waals surface area contributed by atoms with Crippen molar-refractivity contribution in [2.75, 3.05) is 33.7 Å². The Balaban J connectivity index is 1.39. The van der Waals surface area contributed by atoms with Crippen molar-refractivity contribution in [1.29, 1.82) is 0 Å². The molecule has 5 aliphatic heterocycles. The summed E-state index contributed by atoms with van der Waals surface area (Å²) in [4.78, 5) is 55.5. The minimum absolute atomic E-state index is 0.00580. The zero-order valence-corrected chi connectivity index (χ0v) is 60.5. The summed E-state index contributed by atoms with van der Waals surface area (Å²) in [5.74, 6) is -5.68. The lowest BCUT2D eigenvalue weighted by Crippen LogP contribution is -2.65. The summed E-state index contributed by atoms with van der Waals surface area (Å²) in [5, 5.41) is 50.2. The Labute approximate surface area is 568 Å². The minimum atomic E-state index is -1.64. The van der Waals surface area contributed by atoms with Crippen molar-refractivity contribution in [2.45, 2.75) is 215 Å². The third-order valence-corrected chi connectivity index (χ3v) is 20.6. The number of aliphatic hydroxyl groups excluding tert-OH is 4. The quantitative estimate of drug-likeness (QED) is 0.0531. The lowest BCUT2D eigenvalue weighted by atomic mass is 9.82. The number of amides is 1. The molecule has 0 spiro atoms. The van der Waals surface area contributed by atoms with E-state index >= 15 is 0 Å². The van der Waals surface area contributed by atoms with Gasteiger partial charge < -0.3 is 82.6 Å². The standard InChI is InChI=1S/C70H103NO20P4/c1-13-35-81-64(78)58-54(73)42-70(80-10)41-52-39-55(89-68(88-52)95(12)93)53(72)34-33-50-37-51(87-67(86-50)94(11)92)40-57(74)83-45(5)44(4)60(75)43(3)27-25-23-21-19-17-15-16-18-20-22-24-26-28-49(38-56(58)91-70)85-65-62(59(61(76)46(6)84-65)71-66(79)82-36-14-2)90-63(77)47-29-31-48(32-30-47)69(7,8)9/h13-32,43-46,49-56,58-62,65,67-68,72-73,75-76H,1-2,33-42,92-93H2,3-12H3,(H,71,79)/b16-15+,19-17+,20-18+,23-21+,24-22+,27-25+,28-26+/t43-,44-,45-,46+,49-,50+,51+,52-,53+,54-,55+,56-,58+,59-,60+,61+,62-,65-,67?,68?,70+,94?,95?/m0/s1. The molecule has 25 atom stereocenters. The van der Waals surface area contributed by atoms with Crippen molar-refractivity contribution < 1.29 is 96.4 Å². The Morgan fingerprint density at radius 2 is 1.27 bits per heavy atom. The predicted octanol–water partition coefficient (Wildman–Crippen LogP) is 10.6. The molecule has 21 nitrogen and oxygen atoms in total. The van der Waals surface area contributed by atoms with Crippen LogP contribution in [0, 0.1) is 17.8 Å². The number of fused-ring (bicyclic) bond motifs is 6. The largest absolute Gasteiger partial charge is 0.462 e. The number of hydrogen-bond acceptors (Lipinski definition) is 20. The Morgan fingerprint density at radius 1 is 0.695 bits per heavy atom. The van der Waals surface area contributed by atoms with Crippen LogP contribution in [-0.2, 0) is 71.8 Å². The number of methoxy groups -OCH3 is 1. The maximum absolute atomic E-state index is 14.3. The number of rotatable bonds is 13. The van der Waals surface area contributed by atoms with E-state index in [0.717, 1.165) is 5.56 Å². The highest BCUT2D eigenvalue weighted by atomic mass is 32.0. The highest BCUT2D eigenvalue weighted by Gasteiger charge is 2.54. The highest BCUT2D eigenvalue weighted by molar-refractivity contribution is 8.13. The van der Waals surface area contributed by atoms with Gasteiger partial charge in [0.05, 0.1) is 73.0 Å². The summed E-state index contributed by atoms with van der Waals surface area (Å²) < 4.78 is 75.5. The average molecular weight is 1400 g/mol. The molecular formula is C70H103NO20P4. The first kappa shape index (κ1) is 79.8. The number of aliphatic hydroxyl groups is 4. The van der Waals surface area contributed by atoms with Gasteiger partial charge in [-0.1, -0.05) is 157 Å². The second-order valence-electron chi connectivity index (χ2n) is 25.9. The Morgan fingerprint density at radius 3 is 1.87 bits per heavy atom. The second kappa shape index (κ2) is 39.0. The lowest BCUT2D eigenvalue weighted by molar-refractivity contribution is -0.326. The molecule has 1 aromatic carbocycles. The molecule has 6 rings (SSSR count). The minimum Gasteiger partial charge on any atom is -0.462 e. The summed E-state index contributed by atoms with van der Waals surface area (Å²) in [7, 11) is 5.09. The fourth-order valence-electron chi connectivity index (χ4n) is 11.7. The summed E-state index contributed by atoms with van der Waals surface area (Å²) in [6.07, 6.45) is 13.7. The van der Waals surface area contributed by atoms with Crippen LogP contribution >= 0.6 is 33.1 Å². The van der Waals surface area contributed by atoms with Crippen molar-refractivity contribution >= 4 is 57.1 Å². The van der Waals surface area contributed by atoms with E-state index in [0.29, 0.717) is 12.8 Å². The zero-order valence-electron chi connectivity index (χ0n) is 56.4. The fraction of sp³-hybridized carbons (Fsp3) is 0.600. The molecule has 0 aromatic heterocycles. The van der Waals surface area contributed by atoms with Crippen molar-refractivity contribution in [3.05, 3.63) is 146 Å². The molecule has 0 aliphatic carbocycles. The normalized spacial score (nSPS) is 38.1. The van der Waals surface area contributed by atoms with Crippen LogP contribution in [0.25, 0.3) is 0 Å². The number of cyclic esters (lactones) is 1. The number of alkyl carbamates (subject to hydrolysis) is 1. The number of esters is 3. The van der Waals surface area contributed by atoms with E-state index in [2.05, 4.69) is 36.3 Å². The van der Waals surface area contributed by atoms with E-state index in [1.165, 1.54) is 19.3 Å². The van der Waals surface area contributed by atoms with Gasteiger partial charge in [0.15, 0.2) is 30.2 Å². The third-order valence-electron chi connectivity index (χ3n) is 17.3. The van der Waals surface area contributed by atoms with Crippen LogP contribution in [0.15, 0.2) is 135 Å². The molecule has 1 amide bonds. The van der Waals surface area contributed by atoms with E-state index in [4.69, 9.17) is 56.8 Å². The predicted molar refractivity (Wildman–Crippen MR) is 372 cm³/mol. The van der Waals surface area contributed by atoms with Gasteiger partial charge in [-0.05, 0) is 78.4 Å². The summed E-state index contributed by atoms with van der Waals surface area (Å²) in [5.41, 5.74) is 0.894. The Bertz CT molecular complexity index is 2840. The van der Waals surface area contributed by atoms with Crippen molar-refractivity contribution in [3.63, 3.8) is 0 Å². The number of nitrogens with one attached hydrogen (secondary N) is 1. The van der Waals surface area contributed by atoms with Crippen LogP contribution in [-0.4, -0.2) is 188 Å². The van der Waals surface area contributed by atoms with Gasteiger partial charge in [0.25, 0.3) is 0 Å². The Hall–Kier alpha value is -4.20. The van der Waals surface area contributed by atoms with Gasteiger partial charge in [-0.3, -0.25) is 9.59 Å². The molecule has 6 unspecified atom stereocenters. The van der Waals surface area contributed by atoms with E-state index in [-0.39, 0.29) is 80.7 Å². The molecule has 5 N–H and O–H groups in total. The van der Waals surface area contributed by atoms with Gasteiger partial charge in [0.1, 0.15) is 37.4 Å². The molecule has 528 valence electrons. The topological polar surface area (TPSA) is 272 Å². The first-order valence-electron chi connectivity index (χ1n) is 32.5. The van der Waals surface area contributed by atoms with Crippen LogP contribution < -0.4 is 5.32 Å². The van der Waals surface area contributed by atoms with Gasteiger partial charge in [0, 0.05) is 51.0 Å². The average Bonchev–Trinajstić information content (AvgIpc) is 0.778. The smallest absolute Gasteiger partial charge is 0.407 e. The maximum atomic E-state index is 14.3. The Kier molecular flexibility index (Phi) is 32.7. The van der Waals surface area contributed by atoms with Crippen LogP contribution in [0.5, 0.6) is 0 Å². The van der Waals surface area contributed by atoms with E-state index in [9.17, 15) is 39.6 Å². The number of carbonyl (C=O) groups excluding carboxylic acids is 4. The number of allylic oxidation sites excluding steroid dienone is 12. The molecule has 1 aromatic rings. The van der Waals surface area contributed by atoms with Gasteiger partial charge in [-0.25, -0.2) is 9.59 Å². The number of ether oxygens (including phenoxy) is 12. The van der Waals surface area contributed by atoms with Crippen molar-refractivity contribution in [2.24, 2.45) is 17.8 Å². The van der Waals surface area contributed by atoms with Crippen LogP contribution in [0.3, 0.4) is 0 Å². The van der Waals surface area contributed by atoms with Crippen LogP contribution in [0.2, 0.25) is 0 Å². The fourth-order valence-corrected chi connectivity index (χ4v) is 14.0. The summed E-state index contributed by atoms with van der Waals surface area (Å²) in [6, 6.07) is 4.15. The molecule has 6 bridgehead atoms. The second-order valence-corrected chi connectivity index (χ2v) is 34.3. The number of hydrogen-bond donors (Lipinski definition) is 5. The molecule has 25 heteroatoms. The van der Waals surface area contributed by atoms with Gasteiger partial charge in [-0.15, -0.1) is 17.9 Å². The monoisotopic (exact) mass is 1400 g/mol. The molecule has 4 saturated heterocycles. The molecule has 0 saturated carbocycles. The number of carbonyl (C=O) groups is 4. The van der Waals surface area contributed by atoms with E-state index < -0.39 is 149 Å². The SMILES string of the molecule is C=CCOC(=O)N[C@H]1[C@H](O)[C@@H](C)O[C@@H](O[C@H]2/C=C/C=C/C=C/C=C/C=C/C=C/C=C/[C@H](C)[C@@H](O)[C@@H](C)[C@H](C)OC(=O)C[C@H]3C[C@@H](CC[C@@H](O)[C@H]4C[C@@H](C[C@]5(OC)C[C@H](O)[C@@H](C(=O)OCC=C)[C@H](C2)O5)OC(P(C)P)O4)OC(P(C)P)O3)[C@H]1OC(=O)c1ccc(C(C)(C)C)cc1. The highest BCUT2D eigenvalue weighted by Crippen LogP contribution is 2.52. The summed E-state index contributed by atoms with van der Waals surface area (Å²) in [6.45, 7) is 24.2. The van der Waals surface area contributed by atoms with E-state index in [1.54, 1.807) is 56.4 Å². The molecule has 5 heterocycles. The molecule has 5 aliphatic rings. The molecule has 4 fully saturated rings. The van der Waals surface area contributed by atoms with Crippen LogP contribution in [0.1, 0.15) is 116 Å². The third kappa shape index (κ3) is 24.6. The summed E-state index contributed by atoms with van der Waals surface area (Å²) >= 11 is 0. The van der Waals surface area contributed by atoms with Gasteiger partial charge in [-0.2, -0.15) is 0 Å². The van der Waals surface area contributed by atoms with Crippen LogP contribution in [0.4, 0.5) is 4.79 Å². The first-order chi connectivity index (χ1) is 45.2. The molecule has 95 heavy (non-hydrogen) atoms. The number of benzene rings is 1. The van der Waals surface area contributed by atoms with Crippen molar-refractivity contribution in [3.8, 4) is 0 Å². The van der Waals surface area contributed by atoms with Gasteiger partial charge >= 0.3 is 24.0 Å². The van der Waals surface area contributed by atoms with Crippen molar-refractivity contribution in [1.82, 2.24) is 5.32 Å². The molecular weight excluding hydrogens is 1300 g/mol. The lowest BCUT2D eigenvalue weighted by Gasteiger charge is -2.49. The molecule has 0 radical (unpaired) electrons. The first-order valence-corrected chi connectivity index (χ1v) is 39.5. The zero-order chi connectivity index (χ0) is 69.6. The maximum Gasteiger partial charge on any atom is 0.407 e.